The zero-order valence-corrected chi connectivity index (χ0v) is 13.7. The highest BCUT2D eigenvalue weighted by Crippen LogP contribution is 2.17. The fraction of sp³-hybridized carbons (Fsp3) is 0.294. The molecular formula is C17H18FN5O. The van der Waals surface area contributed by atoms with Crippen LogP contribution in [-0.4, -0.2) is 25.5 Å². The number of fused-ring (bicyclic) bond motifs is 1. The molecule has 2 aromatic heterocycles. The predicted molar refractivity (Wildman–Crippen MR) is 87.2 cm³/mol. The molecule has 0 saturated heterocycles. The highest BCUT2D eigenvalue weighted by Gasteiger charge is 2.19. The second-order valence-corrected chi connectivity index (χ2v) is 5.67. The van der Waals surface area contributed by atoms with Crippen LogP contribution >= 0.6 is 0 Å². The molecule has 124 valence electrons. The van der Waals surface area contributed by atoms with E-state index in [0.29, 0.717) is 12.2 Å². The number of nitrogens with one attached hydrogen (secondary N) is 1. The van der Waals surface area contributed by atoms with Gasteiger partial charge >= 0.3 is 0 Å². The van der Waals surface area contributed by atoms with E-state index >= 15 is 0 Å². The molecule has 0 aliphatic rings. The average Bonchev–Trinajstić information content (AvgIpc) is 2.98. The van der Waals surface area contributed by atoms with Gasteiger partial charge in [0.15, 0.2) is 0 Å². The number of carbonyl (C=O) groups excluding carboxylic acids is 1. The van der Waals surface area contributed by atoms with Crippen LogP contribution in [0.1, 0.15) is 47.0 Å². The fourth-order valence-corrected chi connectivity index (χ4v) is 2.60. The van der Waals surface area contributed by atoms with Crippen molar-refractivity contribution in [3.63, 3.8) is 0 Å². The second-order valence-electron chi connectivity index (χ2n) is 5.67. The maximum atomic E-state index is 13.1. The van der Waals surface area contributed by atoms with Crippen LogP contribution in [-0.2, 0) is 0 Å². The van der Waals surface area contributed by atoms with Crippen molar-refractivity contribution in [2.45, 2.75) is 33.2 Å². The number of aryl methyl sites for hydroxylation is 2. The number of halogens is 1. The Morgan fingerprint density at radius 1 is 1.25 bits per heavy atom. The first-order valence-electron chi connectivity index (χ1n) is 7.75. The summed E-state index contributed by atoms with van der Waals surface area (Å²) in [6, 6.07) is 7.72. The first kappa shape index (κ1) is 16.0. The van der Waals surface area contributed by atoms with Gasteiger partial charge in [0.1, 0.15) is 5.82 Å². The molecule has 2 heterocycles. The van der Waals surface area contributed by atoms with E-state index in [9.17, 15) is 9.18 Å². The first-order valence-corrected chi connectivity index (χ1v) is 7.75. The van der Waals surface area contributed by atoms with Crippen LogP contribution in [0.2, 0.25) is 0 Å². The molecule has 0 saturated carbocycles. The van der Waals surface area contributed by atoms with Gasteiger partial charge in [0.05, 0.1) is 6.04 Å². The Morgan fingerprint density at radius 2 is 1.96 bits per heavy atom. The third-order valence-corrected chi connectivity index (χ3v) is 3.81. The van der Waals surface area contributed by atoms with Gasteiger partial charge in [0, 0.05) is 11.4 Å². The molecule has 7 heteroatoms. The second kappa shape index (κ2) is 6.35. The molecule has 1 aromatic carbocycles. The van der Waals surface area contributed by atoms with Crippen molar-refractivity contribution < 1.29 is 9.18 Å². The quantitative estimate of drug-likeness (QED) is 0.800. The van der Waals surface area contributed by atoms with Crippen LogP contribution in [0.5, 0.6) is 0 Å². The maximum Gasteiger partial charge on any atom is 0.291 e. The summed E-state index contributed by atoms with van der Waals surface area (Å²) in [6.07, 6.45) is 0.668. The molecule has 0 fully saturated rings. The normalized spacial score (nSPS) is 12.3. The van der Waals surface area contributed by atoms with E-state index in [2.05, 4.69) is 20.4 Å². The fourth-order valence-electron chi connectivity index (χ4n) is 2.60. The summed E-state index contributed by atoms with van der Waals surface area (Å²) in [7, 11) is 0. The first-order chi connectivity index (χ1) is 11.5. The SMILES string of the molecule is CCC(NC(=O)c1nc2nc(C)cc(C)n2n1)c1ccc(F)cc1. The van der Waals surface area contributed by atoms with Crippen LogP contribution in [0.25, 0.3) is 5.78 Å². The number of benzene rings is 1. The van der Waals surface area contributed by atoms with Crippen molar-refractivity contribution >= 4 is 11.7 Å². The summed E-state index contributed by atoms with van der Waals surface area (Å²) < 4.78 is 14.6. The number of nitrogens with zero attached hydrogens (tertiary/aromatic N) is 4. The predicted octanol–water partition coefficient (Wildman–Crippen LogP) is 2.76. The van der Waals surface area contributed by atoms with Gasteiger partial charge in [-0.15, -0.1) is 5.10 Å². The summed E-state index contributed by atoms with van der Waals surface area (Å²) in [5.41, 5.74) is 2.51. The topological polar surface area (TPSA) is 72.2 Å². The summed E-state index contributed by atoms with van der Waals surface area (Å²) >= 11 is 0. The molecule has 1 amide bonds. The van der Waals surface area contributed by atoms with E-state index < -0.39 is 0 Å². The van der Waals surface area contributed by atoms with Crippen molar-refractivity contribution in [2.24, 2.45) is 0 Å². The van der Waals surface area contributed by atoms with Gasteiger partial charge in [-0.05, 0) is 44.0 Å². The van der Waals surface area contributed by atoms with Gasteiger partial charge < -0.3 is 5.32 Å². The molecule has 0 spiro atoms. The number of carbonyl (C=O) groups is 1. The van der Waals surface area contributed by atoms with E-state index in [4.69, 9.17) is 0 Å². The van der Waals surface area contributed by atoms with Gasteiger partial charge in [-0.1, -0.05) is 19.1 Å². The van der Waals surface area contributed by atoms with Crippen LogP contribution in [0.4, 0.5) is 4.39 Å². The number of rotatable bonds is 4. The molecule has 0 aliphatic heterocycles. The van der Waals surface area contributed by atoms with Gasteiger partial charge in [-0.2, -0.15) is 4.98 Å². The third kappa shape index (κ3) is 3.10. The molecular weight excluding hydrogens is 309 g/mol. The molecule has 6 nitrogen and oxygen atoms in total. The van der Waals surface area contributed by atoms with E-state index in [-0.39, 0.29) is 23.6 Å². The standard InChI is InChI=1S/C17H18FN5O/c1-4-14(12-5-7-13(18)8-6-12)20-16(24)15-21-17-19-10(2)9-11(3)23(17)22-15/h5-9,14H,4H2,1-3H3,(H,20,24). The van der Waals surface area contributed by atoms with Crippen LogP contribution in [0, 0.1) is 19.7 Å². The van der Waals surface area contributed by atoms with Gasteiger partial charge in [0.2, 0.25) is 5.82 Å². The maximum absolute atomic E-state index is 13.1. The number of hydrogen-bond acceptors (Lipinski definition) is 4. The van der Waals surface area contributed by atoms with Crippen LogP contribution in [0.3, 0.4) is 0 Å². The lowest BCUT2D eigenvalue weighted by atomic mass is 10.0. The molecule has 1 N–H and O–H groups in total. The minimum absolute atomic E-state index is 0.0664. The largest absolute Gasteiger partial charge is 0.342 e. The molecule has 3 rings (SSSR count). The Kier molecular flexibility index (Phi) is 4.24. The molecule has 1 atom stereocenters. The van der Waals surface area contributed by atoms with Gasteiger partial charge in [-0.25, -0.2) is 13.9 Å². The number of amides is 1. The molecule has 24 heavy (non-hydrogen) atoms. The lowest BCUT2D eigenvalue weighted by Gasteiger charge is -2.16. The smallest absolute Gasteiger partial charge is 0.291 e. The Hall–Kier alpha value is -2.83. The minimum atomic E-state index is -0.381. The minimum Gasteiger partial charge on any atom is -0.342 e. The Balaban J connectivity index is 1.85. The zero-order chi connectivity index (χ0) is 17.3. The van der Waals surface area contributed by atoms with E-state index in [1.165, 1.54) is 12.1 Å². The van der Waals surface area contributed by atoms with Crippen molar-refractivity contribution in [3.8, 4) is 0 Å². The summed E-state index contributed by atoms with van der Waals surface area (Å²) in [5.74, 6) is -0.225. The summed E-state index contributed by atoms with van der Waals surface area (Å²) in [5, 5.41) is 7.11. The van der Waals surface area contributed by atoms with Gasteiger partial charge in [0.25, 0.3) is 11.7 Å². The molecule has 0 radical (unpaired) electrons. The Labute approximate surface area is 138 Å². The van der Waals surface area contributed by atoms with Crippen molar-refractivity contribution in [1.29, 1.82) is 0 Å². The zero-order valence-electron chi connectivity index (χ0n) is 13.7. The molecule has 1 unspecified atom stereocenters. The van der Waals surface area contributed by atoms with Crippen molar-refractivity contribution in [2.75, 3.05) is 0 Å². The summed E-state index contributed by atoms with van der Waals surface area (Å²) in [4.78, 5) is 20.9. The number of aromatic nitrogens is 4. The molecule has 0 bridgehead atoms. The monoisotopic (exact) mass is 327 g/mol. The summed E-state index contributed by atoms with van der Waals surface area (Å²) in [6.45, 7) is 5.69. The molecule has 0 aliphatic carbocycles. The van der Waals surface area contributed by atoms with Crippen molar-refractivity contribution in [3.05, 3.63) is 58.9 Å². The lowest BCUT2D eigenvalue weighted by molar-refractivity contribution is 0.0925. The Morgan fingerprint density at radius 3 is 2.62 bits per heavy atom. The van der Waals surface area contributed by atoms with Crippen LogP contribution < -0.4 is 5.32 Å². The highest BCUT2D eigenvalue weighted by atomic mass is 19.1. The molecule has 3 aromatic rings. The van der Waals surface area contributed by atoms with E-state index in [1.54, 1.807) is 16.6 Å². The van der Waals surface area contributed by atoms with Crippen molar-refractivity contribution in [1.82, 2.24) is 24.9 Å². The lowest BCUT2D eigenvalue weighted by Crippen LogP contribution is -2.29. The third-order valence-electron chi connectivity index (χ3n) is 3.81. The average molecular weight is 327 g/mol. The van der Waals surface area contributed by atoms with E-state index in [1.807, 2.05) is 26.8 Å². The van der Waals surface area contributed by atoms with Crippen LogP contribution in [0.15, 0.2) is 30.3 Å². The van der Waals surface area contributed by atoms with Gasteiger partial charge in [-0.3, -0.25) is 4.79 Å². The van der Waals surface area contributed by atoms with E-state index in [0.717, 1.165) is 17.0 Å². The highest BCUT2D eigenvalue weighted by molar-refractivity contribution is 5.91. The Bertz CT molecular complexity index is 888. The number of hydrogen-bond donors (Lipinski definition) is 1.